The summed E-state index contributed by atoms with van der Waals surface area (Å²) in [6, 6.07) is 0. The zero-order chi connectivity index (χ0) is 9.31. The van der Waals surface area contributed by atoms with Crippen LogP contribution in [-0.4, -0.2) is 6.29 Å². The van der Waals surface area contributed by atoms with Crippen molar-refractivity contribution in [3.63, 3.8) is 0 Å². The maximum atomic E-state index is 11.1. The van der Waals surface area contributed by atoms with Crippen LogP contribution >= 0.6 is 0 Å². The van der Waals surface area contributed by atoms with Gasteiger partial charge >= 0.3 is 0 Å². The fourth-order valence-electron chi connectivity index (χ4n) is 2.99. The van der Waals surface area contributed by atoms with Crippen molar-refractivity contribution in [2.24, 2.45) is 17.3 Å². The Kier molecular flexibility index (Phi) is 2.27. The highest BCUT2D eigenvalue weighted by atomic mass is 16.1. The summed E-state index contributed by atoms with van der Waals surface area (Å²) in [5, 5.41) is 0. The molecule has 1 saturated carbocycles. The van der Waals surface area contributed by atoms with Crippen molar-refractivity contribution in [2.45, 2.75) is 39.0 Å². The van der Waals surface area contributed by atoms with Gasteiger partial charge in [0, 0.05) is 5.41 Å². The number of rotatable bonds is 1. The maximum Gasteiger partial charge on any atom is 0.126 e. The van der Waals surface area contributed by atoms with E-state index in [0.29, 0.717) is 11.8 Å². The highest BCUT2D eigenvalue weighted by Crippen LogP contribution is 2.46. The monoisotopic (exact) mass is 178 g/mol. The van der Waals surface area contributed by atoms with E-state index in [1.54, 1.807) is 0 Å². The Morgan fingerprint density at radius 1 is 1.38 bits per heavy atom. The van der Waals surface area contributed by atoms with Crippen molar-refractivity contribution in [2.75, 3.05) is 0 Å². The molecule has 0 heterocycles. The Morgan fingerprint density at radius 2 is 2.15 bits per heavy atom. The minimum Gasteiger partial charge on any atom is -0.303 e. The summed E-state index contributed by atoms with van der Waals surface area (Å²) in [5.74, 6) is 1.32. The molecule has 72 valence electrons. The lowest BCUT2D eigenvalue weighted by atomic mass is 9.61. The molecule has 0 bridgehead atoms. The summed E-state index contributed by atoms with van der Waals surface area (Å²) in [7, 11) is 0. The third kappa shape index (κ3) is 1.45. The fraction of sp³-hybridized carbons (Fsp3) is 0.750. The molecular weight excluding hydrogens is 160 g/mol. The second kappa shape index (κ2) is 3.28. The summed E-state index contributed by atoms with van der Waals surface area (Å²) in [5.41, 5.74) is -0.0557. The maximum absolute atomic E-state index is 11.1. The summed E-state index contributed by atoms with van der Waals surface area (Å²) < 4.78 is 0. The second-order valence-electron chi connectivity index (χ2n) is 4.81. The Hall–Kier alpha value is -0.590. The van der Waals surface area contributed by atoms with Crippen LogP contribution < -0.4 is 0 Å². The van der Waals surface area contributed by atoms with Gasteiger partial charge in [-0.25, -0.2) is 0 Å². The van der Waals surface area contributed by atoms with Crippen molar-refractivity contribution in [1.29, 1.82) is 0 Å². The van der Waals surface area contributed by atoms with E-state index in [1.165, 1.54) is 32.0 Å². The number of aldehydes is 1. The van der Waals surface area contributed by atoms with Crippen LogP contribution in [0.2, 0.25) is 0 Å². The molecule has 0 unspecified atom stereocenters. The van der Waals surface area contributed by atoms with Gasteiger partial charge in [-0.15, -0.1) is 0 Å². The quantitative estimate of drug-likeness (QED) is 0.445. The molecule has 13 heavy (non-hydrogen) atoms. The molecule has 0 N–H and O–H groups in total. The van der Waals surface area contributed by atoms with Crippen LogP contribution in [0.1, 0.15) is 39.0 Å². The van der Waals surface area contributed by atoms with E-state index in [4.69, 9.17) is 0 Å². The molecule has 3 atom stereocenters. The molecule has 2 rings (SSSR count). The molecule has 0 spiro atoms. The second-order valence-corrected chi connectivity index (χ2v) is 4.81. The molecule has 0 aromatic rings. The lowest BCUT2D eigenvalue weighted by molar-refractivity contribution is -0.120. The zero-order valence-electron chi connectivity index (χ0n) is 8.33. The van der Waals surface area contributed by atoms with Gasteiger partial charge in [0.05, 0.1) is 0 Å². The van der Waals surface area contributed by atoms with Crippen LogP contribution in [0.4, 0.5) is 0 Å². The highest BCUT2D eigenvalue weighted by molar-refractivity contribution is 5.60. The van der Waals surface area contributed by atoms with E-state index in [-0.39, 0.29) is 5.41 Å². The summed E-state index contributed by atoms with van der Waals surface area (Å²) in [6.07, 6.45) is 11.9. The molecule has 0 aromatic carbocycles. The molecule has 1 fully saturated rings. The van der Waals surface area contributed by atoms with Crippen molar-refractivity contribution in [3.05, 3.63) is 12.2 Å². The third-order valence-electron chi connectivity index (χ3n) is 3.88. The average molecular weight is 178 g/mol. The number of hydrogen-bond donors (Lipinski definition) is 0. The van der Waals surface area contributed by atoms with Gasteiger partial charge in [-0.05, 0) is 31.1 Å². The minimum atomic E-state index is -0.0557. The molecule has 0 amide bonds. The number of carbonyl (C=O) groups is 1. The first kappa shape index (κ1) is 8.98. The molecule has 0 saturated heterocycles. The molecule has 0 aromatic heterocycles. The number of carbonyl (C=O) groups excluding carboxylic acids is 1. The lowest BCUT2D eigenvalue weighted by Gasteiger charge is -2.42. The van der Waals surface area contributed by atoms with Gasteiger partial charge in [0.15, 0.2) is 0 Å². The van der Waals surface area contributed by atoms with Crippen molar-refractivity contribution >= 4 is 6.29 Å². The Labute approximate surface area is 80.2 Å². The first-order valence-corrected chi connectivity index (χ1v) is 5.39. The van der Waals surface area contributed by atoms with Crippen LogP contribution in [0.5, 0.6) is 0 Å². The van der Waals surface area contributed by atoms with Crippen LogP contribution in [0.15, 0.2) is 12.2 Å². The van der Waals surface area contributed by atoms with Crippen molar-refractivity contribution < 1.29 is 4.79 Å². The first-order valence-electron chi connectivity index (χ1n) is 5.39. The normalized spacial score (nSPS) is 44.1. The van der Waals surface area contributed by atoms with Crippen LogP contribution in [-0.2, 0) is 4.79 Å². The van der Waals surface area contributed by atoms with Gasteiger partial charge in [-0.3, -0.25) is 0 Å². The van der Waals surface area contributed by atoms with Gasteiger partial charge in [0.1, 0.15) is 6.29 Å². The number of fused-ring (bicyclic) bond motifs is 1. The molecular formula is C12H18O. The molecule has 0 aliphatic heterocycles. The van der Waals surface area contributed by atoms with Gasteiger partial charge in [0.2, 0.25) is 0 Å². The van der Waals surface area contributed by atoms with Crippen molar-refractivity contribution in [1.82, 2.24) is 0 Å². The van der Waals surface area contributed by atoms with E-state index in [1.807, 2.05) is 0 Å². The van der Waals surface area contributed by atoms with Crippen molar-refractivity contribution in [3.8, 4) is 0 Å². The molecule has 1 heteroatoms. The average Bonchev–Trinajstić information content (AvgIpc) is 2.19. The van der Waals surface area contributed by atoms with E-state index in [2.05, 4.69) is 19.1 Å². The largest absolute Gasteiger partial charge is 0.303 e. The summed E-state index contributed by atoms with van der Waals surface area (Å²) in [6.45, 7) is 2.13. The van der Waals surface area contributed by atoms with Gasteiger partial charge < -0.3 is 4.79 Å². The minimum absolute atomic E-state index is 0.0557. The zero-order valence-corrected chi connectivity index (χ0v) is 8.33. The van der Waals surface area contributed by atoms with E-state index < -0.39 is 0 Å². The van der Waals surface area contributed by atoms with Gasteiger partial charge in [-0.2, -0.15) is 0 Å². The van der Waals surface area contributed by atoms with Crippen LogP contribution in [0.25, 0.3) is 0 Å². The molecule has 0 radical (unpaired) electrons. The summed E-state index contributed by atoms with van der Waals surface area (Å²) in [4.78, 5) is 11.1. The third-order valence-corrected chi connectivity index (χ3v) is 3.88. The number of hydrogen-bond acceptors (Lipinski definition) is 1. The smallest absolute Gasteiger partial charge is 0.126 e. The van der Waals surface area contributed by atoms with Gasteiger partial charge in [-0.1, -0.05) is 31.9 Å². The standard InChI is InChI=1S/C12H18O/c1-12(9-13)8-4-6-10-5-2-3-7-11(10)12/h4,6,9-11H,2-3,5,7-8H2,1H3/t10-,11-,12+/m1/s1. The molecule has 1 nitrogen and oxygen atoms in total. The molecule has 2 aliphatic rings. The van der Waals surface area contributed by atoms with E-state index >= 15 is 0 Å². The summed E-state index contributed by atoms with van der Waals surface area (Å²) >= 11 is 0. The predicted octanol–water partition coefficient (Wildman–Crippen LogP) is 2.96. The molecule has 2 aliphatic carbocycles. The topological polar surface area (TPSA) is 17.1 Å². The van der Waals surface area contributed by atoms with E-state index in [9.17, 15) is 4.79 Å². The van der Waals surface area contributed by atoms with Gasteiger partial charge in [0.25, 0.3) is 0 Å². The SMILES string of the molecule is C[C@@]1(C=O)CC=C[C@H]2CCCC[C@H]21. The fourth-order valence-corrected chi connectivity index (χ4v) is 2.99. The first-order chi connectivity index (χ1) is 6.26. The van der Waals surface area contributed by atoms with Crippen LogP contribution in [0, 0.1) is 17.3 Å². The van der Waals surface area contributed by atoms with Crippen LogP contribution in [0.3, 0.4) is 0 Å². The number of allylic oxidation sites excluding steroid dienone is 2. The van der Waals surface area contributed by atoms with E-state index in [0.717, 1.165) is 6.42 Å². The Bertz CT molecular complexity index is 231. The lowest BCUT2D eigenvalue weighted by Crippen LogP contribution is -2.37. The predicted molar refractivity (Wildman–Crippen MR) is 53.4 cm³/mol. The Morgan fingerprint density at radius 3 is 2.92 bits per heavy atom. The highest BCUT2D eigenvalue weighted by Gasteiger charge is 2.40. The Balaban J connectivity index is 2.23.